The van der Waals surface area contributed by atoms with Crippen LogP contribution in [-0.4, -0.2) is 16.3 Å². The predicted octanol–water partition coefficient (Wildman–Crippen LogP) is 4.23. The van der Waals surface area contributed by atoms with Crippen molar-refractivity contribution in [1.29, 1.82) is 0 Å². The van der Waals surface area contributed by atoms with Gasteiger partial charge in [-0.25, -0.2) is 0 Å². The number of hydrogen-bond donors (Lipinski definition) is 1. The maximum atomic E-state index is 5.76. The molecule has 1 N–H and O–H groups in total. The van der Waals surface area contributed by atoms with E-state index in [1.165, 1.54) is 11.8 Å². The summed E-state index contributed by atoms with van der Waals surface area (Å²) in [6.07, 6.45) is 1.92. The first-order valence-corrected chi connectivity index (χ1v) is 8.48. The van der Waals surface area contributed by atoms with E-state index < -0.39 is 0 Å². The van der Waals surface area contributed by atoms with Crippen molar-refractivity contribution in [3.05, 3.63) is 65.7 Å². The third-order valence-corrected chi connectivity index (χ3v) is 4.07. The third kappa shape index (κ3) is 5.16. The number of thiocarbonyl (C=S) groups is 1. The van der Waals surface area contributed by atoms with Gasteiger partial charge < -0.3 is 4.74 Å². The maximum Gasteiger partial charge on any atom is 0.153 e. The van der Waals surface area contributed by atoms with Gasteiger partial charge in [0.15, 0.2) is 4.32 Å². The summed E-state index contributed by atoms with van der Waals surface area (Å²) in [6.45, 7) is 2.51. The summed E-state index contributed by atoms with van der Waals surface area (Å²) in [5.41, 5.74) is 5.91. The average Bonchev–Trinajstić information content (AvgIpc) is 2.59. The number of nitrogens with one attached hydrogen (secondary N) is 1. The van der Waals surface area contributed by atoms with E-state index >= 15 is 0 Å². The van der Waals surface area contributed by atoms with Crippen LogP contribution in [-0.2, 0) is 6.61 Å². The lowest BCUT2D eigenvalue weighted by atomic mass is 10.1. The van der Waals surface area contributed by atoms with Crippen molar-refractivity contribution >= 4 is 34.0 Å². The molecular weight excluding hydrogens is 312 g/mol. The summed E-state index contributed by atoms with van der Waals surface area (Å²) in [5.74, 6) is 0.841. The molecule has 0 atom stereocenters. The van der Waals surface area contributed by atoms with Gasteiger partial charge in [0.05, 0.1) is 5.71 Å². The van der Waals surface area contributed by atoms with Crippen LogP contribution >= 0.6 is 24.0 Å². The molecule has 0 amide bonds. The van der Waals surface area contributed by atoms with Crippen LogP contribution in [0.3, 0.4) is 0 Å². The monoisotopic (exact) mass is 330 g/mol. The lowest BCUT2D eigenvalue weighted by Gasteiger charge is -2.07. The third-order valence-electron chi connectivity index (χ3n) is 3.02. The van der Waals surface area contributed by atoms with E-state index in [2.05, 4.69) is 10.5 Å². The highest BCUT2D eigenvalue weighted by Crippen LogP contribution is 2.14. The molecule has 5 heteroatoms. The molecule has 114 valence electrons. The molecule has 0 aliphatic rings. The quantitative estimate of drug-likeness (QED) is 0.505. The number of thioether (sulfide) groups is 1. The number of benzene rings is 2. The molecule has 0 saturated carbocycles. The predicted molar refractivity (Wildman–Crippen MR) is 98.7 cm³/mol. The van der Waals surface area contributed by atoms with Crippen LogP contribution in [0.1, 0.15) is 18.1 Å². The molecule has 0 fully saturated rings. The molecule has 2 rings (SSSR count). The zero-order valence-corrected chi connectivity index (χ0v) is 14.2. The van der Waals surface area contributed by atoms with Crippen LogP contribution < -0.4 is 10.2 Å². The second-order valence-electron chi connectivity index (χ2n) is 4.60. The summed E-state index contributed by atoms with van der Waals surface area (Å²) in [7, 11) is 0. The van der Waals surface area contributed by atoms with E-state index in [1.54, 1.807) is 0 Å². The molecule has 0 aromatic heterocycles. The molecule has 0 unspecified atom stereocenters. The van der Waals surface area contributed by atoms with Crippen molar-refractivity contribution in [2.24, 2.45) is 5.10 Å². The number of hydrazone groups is 1. The maximum absolute atomic E-state index is 5.76. The number of nitrogens with zero attached hydrogens (tertiary/aromatic N) is 1. The molecule has 0 aliphatic carbocycles. The van der Waals surface area contributed by atoms with Crippen LogP contribution in [0, 0.1) is 0 Å². The molecule has 2 aromatic rings. The van der Waals surface area contributed by atoms with Gasteiger partial charge >= 0.3 is 0 Å². The largest absolute Gasteiger partial charge is 0.489 e. The standard InChI is InChI=1S/C17H18N2OS2/c1-13(18-19-17(21)22-2)15-8-10-16(11-9-15)20-12-14-6-4-3-5-7-14/h3-11H,12H2,1-2H3,(H,19,21)/b18-13+. The minimum atomic E-state index is 0.566. The Hall–Kier alpha value is -1.85. The van der Waals surface area contributed by atoms with Gasteiger partial charge in [-0.05, 0) is 48.6 Å². The average molecular weight is 330 g/mol. The van der Waals surface area contributed by atoms with E-state index in [-0.39, 0.29) is 0 Å². The summed E-state index contributed by atoms with van der Waals surface area (Å²) < 4.78 is 6.42. The molecular formula is C17H18N2OS2. The number of rotatable bonds is 5. The van der Waals surface area contributed by atoms with E-state index in [4.69, 9.17) is 17.0 Å². The summed E-state index contributed by atoms with van der Waals surface area (Å²) >= 11 is 6.51. The molecule has 0 heterocycles. The van der Waals surface area contributed by atoms with Crippen LogP contribution in [0.25, 0.3) is 0 Å². The van der Waals surface area contributed by atoms with Crippen molar-refractivity contribution < 1.29 is 4.74 Å². The van der Waals surface area contributed by atoms with Gasteiger partial charge in [0.25, 0.3) is 0 Å². The SMILES string of the molecule is CSC(=S)N/N=C(\C)c1ccc(OCc2ccccc2)cc1. The molecule has 3 nitrogen and oxygen atoms in total. The van der Waals surface area contributed by atoms with Gasteiger partial charge in [0.1, 0.15) is 12.4 Å². The Morgan fingerprint density at radius 3 is 2.45 bits per heavy atom. The first-order valence-electron chi connectivity index (χ1n) is 6.84. The molecule has 0 radical (unpaired) electrons. The zero-order valence-electron chi connectivity index (χ0n) is 12.6. The molecule has 0 spiro atoms. The topological polar surface area (TPSA) is 33.6 Å². The van der Waals surface area contributed by atoms with Crippen molar-refractivity contribution in [2.75, 3.05) is 6.26 Å². The van der Waals surface area contributed by atoms with E-state index in [0.29, 0.717) is 10.9 Å². The van der Waals surface area contributed by atoms with Crippen molar-refractivity contribution in [2.45, 2.75) is 13.5 Å². The highest BCUT2D eigenvalue weighted by atomic mass is 32.2. The van der Waals surface area contributed by atoms with E-state index in [1.807, 2.05) is 67.8 Å². The zero-order chi connectivity index (χ0) is 15.8. The van der Waals surface area contributed by atoms with Gasteiger partial charge in [-0.2, -0.15) is 5.10 Å². The molecule has 2 aromatic carbocycles. The highest BCUT2D eigenvalue weighted by molar-refractivity contribution is 8.22. The highest BCUT2D eigenvalue weighted by Gasteiger charge is 2.00. The first-order chi connectivity index (χ1) is 10.7. The smallest absolute Gasteiger partial charge is 0.153 e. The van der Waals surface area contributed by atoms with Crippen molar-refractivity contribution in [3.8, 4) is 5.75 Å². The summed E-state index contributed by atoms with van der Waals surface area (Å²) in [4.78, 5) is 0. The van der Waals surface area contributed by atoms with Gasteiger partial charge in [-0.3, -0.25) is 5.43 Å². The van der Waals surface area contributed by atoms with E-state index in [9.17, 15) is 0 Å². The lowest BCUT2D eigenvalue weighted by molar-refractivity contribution is 0.306. The number of ether oxygens (including phenoxy) is 1. The van der Waals surface area contributed by atoms with Crippen LogP contribution in [0.2, 0.25) is 0 Å². The second kappa shape index (κ2) is 8.56. The summed E-state index contributed by atoms with van der Waals surface area (Å²) in [6, 6.07) is 18.0. The lowest BCUT2D eigenvalue weighted by Crippen LogP contribution is -2.13. The second-order valence-corrected chi connectivity index (χ2v) is 6.08. The van der Waals surface area contributed by atoms with Gasteiger partial charge in [-0.15, -0.1) is 0 Å². The Kier molecular flexibility index (Phi) is 6.43. The van der Waals surface area contributed by atoms with Crippen LogP contribution in [0.5, 0.6) is 5.75 Å². The Morgan fingerprint density at radius 2 is 1.82 bits per heavy atom. The van der Waals surface area contributed by atoms with Crippen LogP contribution in [0.4, 0.5) is 0 Å². The molecule has 0 bridgehead atoms. The minimum Gasteiger partial charge on any atom is -0.489 e. The van der Waals surface area contributed by atoms with Crippen molar-refractivity contribution in [3.63, 3.8) is 0 Å². The Morgan fingerprint density at radius 1 is 1.14 bits per heavy atom. The van der Waals surface area contributed by atoms with Crippen molar-refractivity contribution in [1.82, 2.24) is 5.43 Å². The molecule has 0 aliphatic heterocycles. The summed E-state index contributed by atoms with van der Waals surface area (Å²) in [5, 5.41) is 4.25. The minimum absolute atomic E-state index is 0.566. The molecule has 0 saturated heterocycles. The van der Waals surface area contributed by atoms with Gasteiger partial charge in [0.2, 0.25) is 0 Å². The Balaban J connectivity index is 1.93. The molecule has 22 heavy (non-hydrogen) atoms. The Labute approximate surface area is 140 Å². The van der Waals surface area contributed by atoms with Gasteiger partial charge in [-0.1, -0.05) is 54.3 Å². The van der Waals surface area contributed by atoms with E-state index in [0.717, 1.165) is 22.6 Å². The Bertz CT molecular complexity index is 639. The first kappa shape index (κ1) is 16.5. The fourth-order valence-corrected chi connectivity index (χ4v) is 1.96. The van der Waals surface area contributed by atoms with Crippen LogP contribution in [0.15, 0.2) is 59.7 Å². The van der Waals surface area contributed by atoms with Gasteiger partial charge in [0, 0.05) is 0 Å². The fraction of sp³-hybridized carbons (Fsp3) is 0.176. The fourth-order valence-electron chi connectivity index (χ4n) is 1.77. The number of hydrogen-bond acceptors (Lipinski definition) is 4. The normalized spacial score (nSPS) is 11.1.